The van der Waals surface area contributed by atoms with E-state index in [0.29, 0.717) is 24.9 Å². The lowest BCUT2D eigenvalue weighted by Gasteiger charge is -2.34. The highest BCUT2D eigenvalue weighted by Gasteiger charge is 2.42. The van der Waals surface area contributed by atoms with E-state index in [4.69, 9.17) is 0 Å². The molecule has 0 radical (unpaired) electrons. The third kappa shape index (κ3) is 4.99. The summed E-state index contributed by atoms with van der Waals surface area (Å²) >= 11 is 0. The lowest BCUT2D eigenvalue weighted by Crippen LogP contribution is -2.43. The van der Waals surface area contributed by atoms with Crippen LogP contribution in [0.4, 0.5) is 13.2 Å². The number of hydrogen-bond acceptors (Lipinski definition) is 3. The van der Waals surface area contributed by atoms with Gasteiger partial charge in [-0.25, -0.2) is 0 Å². The molecule has 5 nitrogen and oxygen atoms in total. The van der Waals surface area contributed by atoms with E-state index in [2.05, 4.69) is 29.2 Å². The second-order valence-corrected chi connectivity index (χ2v) is 8.45. The second-order valence-electron chi connectivity index (χ2n) is 8.45. The molecule has 0 unspecified atom stereocenters. The minimum Gasteiger partial charge on any atom is -0.351 e. The largest absolute Gasteiger partial charge is 0.433 e. The first-order chi connectivity index (χ1) is 11.9. The molecule has 0 aromatic carbocycles. The molecule has 2 atom stereocenters. The van der Waals surface area contributed by atoms with E-state index < -0.39 is 28.9 Å². The van der Waals surface area contributed by atoms with Crippen LogP contribution < -0.4 is 5.32 Å². The summed E-state index contributed by atoms with van der Waals surface area (Å²) in [7, 11) is 0. The monoisotopic (exact) mass is 374 g/mol. The predicted octanol–water partition coefficient (Wildman–Crippen LogP) is 3.36. The maximum absolute atomic E-state index is 13.5. The van der Waals surface area contributed by atoms with Gasteiger partial charge in [0.15, 0.2) is 5.69 Å². The standard InChI is InChI=1S/C18H29F3N4O/c1-12-8-13(2)11-24(10-12)7-6-22-16(26)14-9-23-25(17(3,4)5)15(14)18(19,20)21/h9,12-13H,6-8,10-11H2,1-5H3,(H,22,26)/t12-,13+. The molecule has 1 aliphatic heterocycles. The molecule has 148 valence electrons. The first-order valence-electron chi connectivity index (χ1n) is 9.06. The van der Waals surface area contributed by atoms with Crippen LogP contribution in [-0.2, 0) is 11.7 Å². The highest BCUT2D eigenvalue weighted by Crippen LogP contribution is 2.34. The van der Waals surface area contributed by atoms with Gasteiger partial charge in [-0.2, -0.15) is 18.3 Å². The Morgan fingerprint density at radius 2 is 1.81 bits per heavy atom. The van der Waals surface area contributed by atoms with Crippen LogP contribution >= 0.6 is 0 Å². The van der Waals surface area contributed by atoms with Crippen LogP contribution in [0.2, 0.25) is 0 Å². The van der Waals surface area contributed by atoms with Gasteiger partial charge in [0, 0.05) is 26.2 Å². The van der Waals surface area contributed by atoms with Gasteiger partial charge in [0.1, 0.15) is 0 Å². The van der Waals surface area contributed by atoms with Gasteiger partial charge in [-0.05, 0) is 39.0 Å². The number of nitrogens with zero attached hydrogens (tertiary/aromatic N) is 3. The molecule has 2 heterocycles. The Hall–Kier alpha value is -1.57. The molecule has 1 saturated heterocycles. The van der Waals surface area contributed by atoms with Crippen LogP contribution in [0.5, 0.6) is 0 Å². The van der Waals surface area contributed by atoms with E-state index in [1.54, 1.807) is 20.8 Å². The zero-order chi connectivity index (χ0) is 19.7. The number of alkyl halides is 3. The molecule has 1 aromatic heterocycles. The molecule has 0 saturated carbocycles. The highest BCUT2D eigenvalue weighted by atomic mass is 19.4. The molecule has 1 aromatic rings. The zero-order valence-electron chi connectivity index (χ0n) is 16.2. The maximum Gasteiger partial charge on any atom is 0.433 e. The van der Waals surface area contributed by atoms with Crippen LogP contribution in [-0.4, -0.2) is 46.8 Å². The second kappa shape index (κ2) is 7.58. The lowest BCUT2D eigenvalue weighted by atomic mass is 9.92. The molecule has 0 spiro atoms. The Bertz CT molecular complexity index is 623. The molecule has 1 amide bonds. The highest BCUT2D eigenvalue weighted by molar-refractivity contribution is 5.95. The van der Waals surface area contributed by atoms with Gasteiger partial charge in [0.05, 0.1) is 17.3 Å². The third-order valence-electron chi connectivity index (χ3n) is 4.58. The van der Waals surface area contributed by atoms with Crippen molar-refractivity contribution in [2.24, 2.45) is 11.8 Å². The smallest absolute Gasteiger partial charge is 0.351 e. The van der Waals surface area contributed by atoms with Gasteiger partial charge >= 0.3 is 6.18 Å². The molecular formula is C18H29F3N4O. The molecule has 0 aliphatic carbocycles. The normalized spacial score (nSPS) is 22.5. The van der Waals surface area contributed by atoms with E-state index in [0.717, 1.165) is 24.0 Å². The quantitative estimate of drug-likeness (QED) is 0.879. The first kappa shape index (κ1) is 20.7. The minimum absolute atomic E-state index is 0.316. The van der Waals surface area contributed by atoms with Crippen LogP contribution in [0, 0.1) is 11.8 Å². The lowest BCUT2D eigenvalue weighted by molar-refractivity contribution is -0.146. The first-order valence-corrected chi connectivity index (χ1v) is 9.06. The fourth-order valence-electron chi connectivity index (χ4n) is 3.69. The number of halogens is 3. The van der Waals surface area contributed by atoms with Crippen molar-refractivity contribution in [1.82, 2.24) is 20.0 Å². The van der Waals surface area contributed by atoms with Gasteiger partial charge in [0.2, 0.25) is 0 Å². The summed E-state index contributed by atoms with van der Waals surface area (Å²) in [5.74, 6) is 0.457. The number of hydrogen-bond donors (Lipinski definition) is 1. The Labute approximate surface area is 152 Å². The molecule has 8 heteroatoms. The number of likely N-dealkylation sites (tertiary alicyclic amines) is 1. The van der Waals surface area contributed by atoms with Gasteiger partial charge in [-0.15, -0.1) is 0 Å². The molecule has 1 aliphatic rings. The van der Waals surface area contributed by atoms with Crippen molar-refractivity contribution < 1.29 is 18.0 Å². The summed E-state index contributed by atoms with van der Waals surface area (Å²) in [6.07, 6.45) is -2.45. The van der Waals surface area contributed by atoms with E-state index in [1.165, 1.54) is 6.42 Å². The fraction of sp³-hybridized carbons (Fsp3) is 0.778. The summed E-state index contributed by atoms with van der Waals surface area (Å²) in [6.45, 7) is 12.1. The summed E-state index contributed by atoms with van der Waals surface area (Å²) < 4.78 is 41.3. The molecule has 2 rings (SSSR count). The van der Waals surface area contributed by atoms with Crippen LogP contribution in [0.1, 0.15) is 57.1 Å². The third-order valence-corrected chi connectivity index (χ3v) is 4.58. The van der Waals surface area contributed by atoms with Crippen LogP contribution in [0.3, 0.4) is 0 Å². The van der Waals surface area contributed by atoms with Crippen LogP contribution in [0.15, 0.2) is 6.20 Å². The SMILES string of the molecule is C[C@@H]1C[C@H](C)CN(CCNC(=O)c2cnn(C(C)(C)C)c2C(F)(F)F)C1. The average Bonchev–Trinajstić information content (AvgIpc) is 2.91. The number of carbonyl (C=O) groups is 1. The van der Waals surface area contributed by atoms with Crippen molar-refractivity contribution in [3.8, 4) is 0 Å². The summed E-state index contributed by atoms with van der Waals surface area (Å²) in [5.41, 5.74) is -2.29. The maximum atomic E-state index is 13.5. The molecule has 1 N–H and O–H groups in total. The number of aromatic nitrogens is 2. The molecular weight excluding hydrogens is 345 g/mol. The zero-order valence-corrected chi connectivity index (χ0v) is 16.2. The Kier molecular flexibility index (Phi) is 6.05. The number of rotatable bonds is 4. The number of piperidine rings is 1. The average molecular weight is 374 g/mol. The Balaban J connectivity index is 2.05. The van der Waals surface area contributed by atoms with Crippen molar-refractivity contribution in [2.45, 2.75) is 52.8 Å². The minimum atomic E-state index is -4.64. The van der Waals surface area contributed by atoms with Crippen molar-refractivity contribution in [2.75, 3.05) is 26.2 Å². The topological polar surface area (TPSA) is 50.2 Å². The van der Waals surface area contributed by atoms with Gasteiger partial charge in [-0.1, -0.05) is 13.8 Å². The predicted molar refractivity (Wildman–Crippen MR) is 93.9 cm³/mol. The van der Waals surface area contributed by atoms with Crippen LogP contribution in [0.25, 0.3) is 0 Å². The van der Waals surface area contributed by atoms with E-state index in [1.807, 2.05) is 0 Å². The van der Waals surface area contributed by atoms with Gasteiger partial charge in [-0.3, -0.25) is 9.48 Å². The number of amides is 1. The summed E-state index contributed by atoms with van der Waals surface area (Å²) in [6, 6.07) is 0. The van der Waals surface area contributed by atoms with E-state index in [9.17, 15) is 18.0 Å². The van der Waals surface area contributed by atoms with Crippen molar-refractivity contribution in [3.05, 3.63) is 17.5 Å². The molecule has 26 heavy (non-hydrogen) atoms. The van der Waals surface area contributed by atoms with Crippen molar-refractivity contribution in [1.29, 1.82) is 0 Å². The Morgan fingerprint density at radius 3 is 2.31 bits per heavy atom. The Morgan fingerprint density at radius 1 is 1.23 bits per heavy atom. The summed E-state index contributed by atoms with van der Waals surface area (Å²) in [4.78, 5) is 14.6. The van der Waals surface area contributed by atoms with Gasteiger partial charge in [0.25, 0.3) is 5.91 Å². The van der Waals surface area contributed by atoms with Gasteiger partial charge < -0.3 is 10.2 Å². The number of carbonyl (C=O) groups excluding carboxylic acids is 1. The van der Waals surface area contributed by atoms with E-state index >= 15 is 0 Å². The number of nitrogens with one attached hydrogen (secondary N) is 1. The molecule has 0 bridgehead atoms. The van der Waals surface area contributed by atoms with E-state index in [-0.39, 0.29) is 0 Å². The molecule has 1 fully saturated rings. The van der Waals surface area contributed by atoms with Crippen molar-refractivity contribution in [3.63, 3.8) is 0 Å². The summed E-state index contributed by atoms with van der Waals surface area (Å²) in [5, 5.41) is 6.44. The van der Waals surface area contributed by atoms with Crippen molar-refractivity contribution >= 4 is 5.91 Å². The fourth-order valence-corrected chi connectivity index (χ4v) is 3.69.